The zero-order valence-electron chi connectivity index (χ0n) is 18.9. The minimum absolute atomic E-state index is 0.00510. The Labute approximate surface area is 199 Å². The van der Waals surface area contributed by atoms with Crippen LogP contribution in [0.15, 0.2) is 61.1 Å². The fraction of sp³-hybridized carbons (Fsp3) is 0.192. The number of H-pyrrole nitrogens is 1. The van der Waals surface area contributed by atoms with Crippen LogP contribution in [-0.4, -0.2) is 31.6 Å². The van der Waals surface area contributed by atoms with Gasteiger partial charge in [0.15, 0.2) is 0 Å². The van der Waals surface area contributed by atoms with Gasteiger partial charge in [0.1, 0.15) is 11.2 Å². The predicted octanol–water partition coefficient (Wildman–Crippen LogP) is 4.95. The van der Waals surface area contributed by atoms with Crippen LogP contribution < -0.4 is 5.32 Å². The molecule has 9 heteroatoms. The van der Waals surface area contributed by atoms with Crippen LogP contribution >= 0.6 is 0 Å². The van der Waals surface area contributed by atoms with E-state index in [1.54, 1.807) is 32.2 Å². The normalized spacial score (nSPS) is 11.7. The molecule has 0 saturated carbocycles. The highest BCUT2D eigenvalue weighted by Gasteiger charge is 2.31. The molecule has 3 N–H and O–H groups in total. The summed E-state index contributed by atoms with van der Waals surface area (Å²) in [6.07, 6.45) is -0.948. The van der Waals surface area contributed by atoms with Crippen LogP contribution in [0.2, 0.25) is 0 Å². The summed E-state index contributed by atoms with van der Waals surface area (Å²) in [7, 11) is 0. The molecule has 178 valence electrons. The van der Waals surface area contributed by atoms with E-state index in [2.05, 4.69) is 32.1 Å². The van der Waals surface area contributed by atoms with Crippen molar-refractivity contribution in [1.29, 1.82) is 0 Å². The zero-order valence-corrected chi connectivity index (χ0v) is 18.9. The van der Waals surface area contributed by atoms with Crippen molar-refractivity contribution in [3.63, 3.8) is 0 Å². The number of fused-ring (bicyclic) bond motifs is 1. The molecular weight excluding hydrogens is 457 g/mol. The molecule has 3 heterocycles. The van der Waals surface area contributed by atoms with E-state index in [-0.39, 0.29) is 12.1 Å². The number of pyridine rings is 2. The van der Waals surface area contributed by atoms with Gasteiger partial charge in [0.25, 0.3) is 0 Å². The molecule has 0 fully saturated rings. The first kappa shape index (κ1) is 24.0. The summed E-state index contributed by atoms with van der Waals surface area (Å²) in [6, 6.07) is 11.9. The van der Waals surface area contributed by atoms with Crippen LogP contribution in [0.3, 0.4) is 0 Å². The molecular formula is C26H21F3N4O2. The van der Waals surface area contributed by atoms with Crippen LogP contribution in [0.5, 0.6) is 0 Å². The molecule has 0 aliphatic rings. The highest BCUT2D eigenvalue weighted by Crippen LogP contribution is 2.30. The van der Waals surface area contributed by atoms with E-state index in [9.17, 15) is 23.1 Å². The summed E-state index contributed by atoms with van der Waals surface area (Å²) < 4.78 is 38.5. The van der Waals surface area contributed by atoms with Gasteiger partial charge in [-0.05, 0) is 49.1 Å². The molecule has 0 unspecified atom stereocenters. The van der Waals surface area contributed by atoms with Gasteiger partial charge < -0.3 is 15.4 Å². The van der Waals surface area contributed by atoms with E-state index < -0.39 is 23.2 Å². The number of rotatable bonds is 4. The van der Waals surface area contributed by atoms with Crippen molar-refractivity contribution in [3.8, 4) is 23.0 Å². The van der Waals surface area contributed by atoms with Crippen molar-refractivity contribution >= 4 is 22.6 Å². The van der Waals surface area contributed by atoms with Gasteiger partial charge in [-0.25, -0.2) is 4.98 Å². The monoisotopic (exact) mass is 478 g/mol. The van der Waals surface area contributed by atoms with Gasteiger partial charge >= 0.3 is 6.18 Å². The summed E-state index contributed by atoms with van der Waals surface area (Å²) in [5.74, 6) is 5.20. The third-order valence-electron chi connectivity index (χ3n) is 4.97. The third kappa shape index (κ3) is 6.25. The molecule has 4 aromatic rings. The maximum absolute atomic E-state index is 12.8. The third-order valence-corrected chi connectivity index (χ3v) is 4.97. The van der Waals surface area contributed by atoms with Gasteiger partial charge in [0.2, 0.25) is 5.91 Å². The number of carbonyl (C=O) groups is 1. The number of halogens is 3. The SMILES string of the molecule is CC(C)(O)C#Cc1cc2cc(-c3ccc(CC(=O)Nc4cncc(C(F)(F)F)c4)cc3)cnc2[nH]1. The Balaban J connectivity index is 1.45. The second-order valence-electron chi connectivity index (χ2n) is 8.54. The number of aliphatic hydroxyl groups is 1. The molecule has 0 bridgehead atoms. The minimum atomic E-state index is -4.53. The van der Waals surface area contributed by atoms with E-state index in [1.807, 2.05) is 24.3 Å². The maximum Gasteiger partial charge on any atom is 0.417 e. The number of amides is 1. The molecule has 35 heavy (non-hydrogen) atoms. The van der Waals surface area contributed by atoms with Gasteiger partial charge in [-0.3, -0.25) is 9.78 Å². The number of hydrogen-bond acceptors (Lipinski definition) is 4. The Morgan fingerprint density at radius 3 is 2.49 bits per heavy atom. The largest absolute Gasteiger partial charge is 0.417 e. The zero-order chi connectivity index (χ0) is 25.2. The van der Waals surface area contributed by atoms with Gasteiger partial charge in [0.05, 0.1) is 29.6 Å². The van der Waals surface area contributed by atoms with Crippen molar-refractivity contribution in [2.24, 2.45) is 0 Å². The summed E-state index contributed by atoms with van der Waals surface area (Å²) >= 11 is 0. The van der Waals surface area contributed by atoms with Gasteiger partial charge in [-0.2, -0.15) is 13.2 Å². The Bertz CT molecular complexity index is 1440. The summed E-state index contributed by atoms with van der Waals surface area (Å²) in [5, 5.41) is 13.1. The lowest BCUT2D eigenvalue weighted by Gasteiger charge is -2.09. The second-order valence-corrected chi connectivity index (χ2v) is 8.54. The molecule has 1 amide bonds. The molecule has 3 aromatic heterocycles. The van der Waals surface area contributed by atoms with E-state index in [0.717, 1.165) is 22.6 Å². The number of alkyl halides is 3. The van der Waals surface area contributed by atoms with Crippen molar-refractivity contribution < 1.29 is 23.1 Å². The molecule has 0 aliphatic carbocycles. The first-order valence-corrected chi connectivity index (χ1v) is 10.6. The number of hydrogen-bond donors (Lipinski definition) is 3. The highest BCUT2D eigenvalue weighted by molar-refractivity contribution is 5.92. The van der Waals surface area contributed by atoms with Crippen molar-refractivity contribution in [2.75, 3.05) is 5.32 Å². The molecule has 6 nitrogen and oxygen atoms in total. The molecule has 0 atom stereocenters. The lowest BCUT2D eigenvalue weighted by Crippen LogP contribution is -2.15. The van der Waals surface area contributed by atoms with Crippen LogP contribution in [-0.2, 0) is 17.4 Å². The van der Waals surface area contributed by atoms with E-state index in [0.29, 0.717) is 23.1 Å². The van der Waals surface area contributed by atoms with Crippen LogP contribution in [0.25, 0.3) is 22.2 Å². The standard InChI is InChI=1S/C26H21F3N4O2/c1-25(2,35)8-7-21-11-18-10-19(13-31-24(18)33-21)17-5-3-16(4-6-17)9-23(34)32-22-12-20(14-30-15-22)26(27,28)29/h3-6,10-15,35H,9H2,1-2H3,(H,31,33)(H,32,34). The van der Waals surface area contributed by atoms with Crippen molar-refractivity contribution in [3.05, 3.63) is 77.9 Å². The second kappa shape index (κ2) is 9.24. The first-order valence-electron chi connectivity index (χ1n) is 10.6. The summed E-state index contributed by atoms with van der Waals surface area (Å²) in [6.45, 7) is 3.21. The number of nitrogens with zero attached hydrogens (tertiary/aromatic N) is 2. The lowest BCUT2D eigenvalue weighted by molar-refractivity contribution is -0.137. The van der Waals surface area contributed by atoms with Gasteiger partial charge in [0, 0.05) is 23.3 Å². The molecule has 0 spiro atoms. The molecule has 0 radical (unpaired) electrons. The fourth-order valence-corrected chi connectivity index (χ4v) is 3.33. The Morgan fingerprint density at radius 1 is 1.06 bits per heavy atom. The number of nitrogens with one attached hydrogen (secondary N) is 2. The number of carbonyl (C=O) groups excluding carboxylic acids is 1. The smallest absolute Gasteiger partial charge is 0.378 e. The Morgan fingerprint density at radius 2 is 1.80 bits per heavy atom. The average Bonchev–Trinajstić information content (AvgIpc) is 3.20. The van der Waals surface area contributed by atoms with Crippen molar-refractivity contribution in [1.82, 2.24) is 15.0 Å². The molecule has 0 saturated heterocycles. The van der Waals surface area contributed by atoms with Crippen LogP contribution in [0.1, 0.15) is 30.7 Å². The van der Waals surface area contributed by atoms with Crippen LogP contribution in [0, 0.1) is 11.8 Å². The van der Waals surface area contributed by atoms with E-state index in [1.165, 1.54) is 6.20 Å². The quantitative estimate of drug-likeness (QED) is 0.362. The summed E-state index contributed by atoms with van der Waals surface area (Å²) in [4.78, 5) is 23.4. The molecule has 1 aromatic carbocycles. The molecule has 0 aliphatic heterocycles. The average molecular weight is 478 g/mol. The number of aromatic amines is 1. The Hall–Kier alpha value is -4.16. The fourth-order valence-electron chi connectivity index (χ4n) is 3.33. The van der Waals surface area contributed by atoms with Gasteiger partial charge in [-0.15, -0.1) is 0 Å². The predicted molar refractivity (Wildman–Crippen MR) is 126 cm³/mol. The molecule has 4 rings (SSSR count). The number of benzene rings is 1. The Kier molecular flexibility index (Phi) is 6.33. The number of anilines is 1. The maximum atomic E-state index is 12.8. The number of aromatic nitrogens is 3. The summed E-state index contributed by atoms with van der Waals surface area (Å²) in [5.41, 5.74) is 1.73. The minimum Gasteiger partial charge on any atom is -0.378 e. The van der Waals surface area contributed by atoms with Crippen molar-refractivity contribution in [2.45, 2.75) is 32.0 Å². The lowest BCUT2D eigenvalue weighted by atomic mass is 10.0. The van der Waals surface area contributed by atoms with E-state index >= 15 is 0 Å². The topological polar surface area (TPSA) is 90.9 Å². The van der Waals surface area contributed by atoms with Gasteiger partial charge in [-0.1, -0.05) is 30.2 Å². The van der Waals surface area contributed by atoms with Crippen LogP contribution in [0.4, 0.5) is 18.9 Å². The highest BCUT2D eigenvalue weighted by atomic mass is 19.4. The first-order chi connectivity index (χ1) is 16.5. The van der Waals surface area contributed by atoms with E-state index in [4.69, 9.17) is 0 Å².